The summed E-state index contributed by atoms with van der Waals surface area (Å²) in [4.78, 5) is 23.8. The Morgan fingerprint density at radius 1 is 1.35 bits per heavy atom. The van der Waals surface area contributed by atoms with Gasteiger partial charge in [0.25, 0.3) is 0 Å². The van der Waals surface area contributed by atoms with Crippen LogP contribution >= 0.6 is 0 Å². The minimum Gasteiger partial charge on any atom is -0.467 e. The quantitative estimate of drug-likeness (QED) is 0.778. The third kappa shape index (κ3) is 3.03. The van der Waals surface area contributed by atoms with Crippen molar-refractivity contribution in [3.63, 3.8) is 0 Å². The summed E-state index contributed by atoms with van der Waals surface area (Å²) in [5, 5.41) is 12.5. The van der Waals surface area contributed by atoms with Crippen molar-refractivity contribution in [2.24, 2.45) is 11.3 Å². The van der Waals surface area contributed by atoms with Crippen molar-refractivity contribution < 1.29 is 24.2 Å². The van der Waals surface area contributed by atoms with E-state index in [1.807, 2.05) is 30.3 Å². The molecule has 0 heterocycles. The molecule has 3 aliphatic rings. The second kappa shape index (κ2) is 6.20. The zero-order chi connectivity index (χ0) is 16.4. The van der Waals surface area contributed by atoms with Gasteiger partial charge in [-0.25, -0.2) is 9.59 Å². The van der Waals surface area contributed by atoms with Crippen LogP contribution in [0.1, 0.15) is 24.8 Å². The first-order valence-electron chi connectivity index (χ1n) is 7.77. The fourth-order valence-electron chi connectivity index (χ4n) is 3.56. The number of carbonyl (C=O) groups is 2. The number of hydrogen-bond donors (Lipinski definition) is 2. The number of rotatable bonds is 6. The predicted molar refractivity (Wildman–Crippen MR) is 81.3 cm³/mol. The van der Waals surface area contributed by atoms with Gasteiger partial charge in [0, 0.05) is 0 Å². The lowest BCUT2D eigenvalue weighted by molar-refractivity contribution is -0.243. The molecule has 0 aliphatic heterocycles. The van der Waals surface area contributed by atoms with Gasteiger partial charge in [0.15, 0.2) is 0 Å². The fraction of sp³-hybridized carbons (Fsp3) is 0.529. The van der Waals surface area contributed by atoms with E-state index in [-0.39, 0.29) is 18.1 Å². The minimum absolute atomic E-state index is 0.135. The molecule has 0 saturated heterocycles. The first kappa shape index (κ1) is 15.8. The molecule has 3 saturated carbocycles. The molecule has 23 heavy (non-hydrogen) atoms. The average molecular weight is 319 g/mol. The van der Waals surface area contributed by atoms with E-state index in [1.165, 1.54) is 7.11 Å². The topological polar surface area (TPSA) is 84.9 Å². The van der Waals surface area contributed by atoms with E-state index in [9.17, 15) is 14.7 Å². The molecule has 0 aromatic heterocycles. The van der Waals surface area contributed by atoms with Gasteiger partial charge in [-0.1, -0.05) is 30.3 Å². The standard InChI is InChI=1S/C17H21NO5/c1-22-15(20)13(9-17-7-12(8-17)14(17)19)18-16(21)23-10-11-5-3-2-4-6-11/h2-6,12-14,19H,7-10H2,1H3,(H,18,21)/t12?,13-,14?,17?/m0/s1. The highest BCUT2D eigenvalue weighted by Crippen LogP contribution is 2.66. The van der Waals surface area contributed by atoms with E-state index in [1.54, 1.807) is 0 Å². The maximum atomic E-state index is 11.9. The summed E-state index contributed by atoms with van der Waals surface area (Å²) in [6.45, 7) is 0.135. The van der Waals surface area contributed by atoms with Crippen molar-refractivity contribution in [3.8, 4) is 0 Å². The molecule has 2 N–H and O–H groups in total. The van der Waals surface area contributed by atoms with E-state index >= 15 is 0 Å². The lowest BCUT2D eigenvalue weighted by Gasteiger charge is -2.66. The minimum atomic E-state index is -0.792. The van der Waals surface area contributed by atoms with Gasteiger partial charge in [-0.2, -0.15) is 0 Å². The van der Waals surface area contributed by atoms with Crippen molar-refractivity contribution in [1.82, 2.24) is 5.32 Å². The monoisotopic (exact) mass is 319 g/mol. The molecule has 3 fully saturated rings. The summed E-state index contributed by atoms with van der Waals surface area (Å²) in [5.74, 6) is -0.156. The molecule has 1 unspecified atom stereocenters. The largest absolute Gasteiger partial charge is 0.467 e. The number of aliphatic hydroxyl groups is 1. The van der Waals surface area contributed by atoms with Crippen LogP contribution in [-0.2, 0) is 20.9 Å². The van der Waals surface area contributed by atoms with Crippen LogP contribution in [0.3, 0.4) is 0 Å². The number of nitrogens with one attached hydrogen (secondary N) is 1. The second-order valence-electron chi connectivity index (χ2n) is 6.46. The van der Waals surface area contributed by atoms with E-state index in [4.69, 9.17) is 9.47 Å². The molecule has 6 nitrogen and oxygen atoms in total. The number of hydrogen-bond acceptors (Lipinski definition) is 5. The van der Waals surface area contributed by atoms with Gasteiger partial charge in [0.1, 0.15) is 12.6 Å². The zero-order valence-electron chi connectivity index (χ0n) is 13.0. The Labute approximate surface area is 134 Å². The third-order valence-electron chi connectivity index (χ3n) is 5.01. The Hall–Kier alpha value is -2.08. The van der Waals surface area contributed by atoms with Crippen LogP contribution in [0.15, 0.2) is 30.3 Å². The Bertz CT molecular complexity index is 582. The van der Waals surface area contributed by atoms with Crippen molar-refractivity contribution in [1.29, 1.82) is 0 Å². The molecular weight excluding hydrogens is 298 g/mol. The first-order valence-corrected chi connectivity index (χ1v) is 7.77. The highest BCUT2D eigenvalue weighted by molar-refractivity contribution is 5.81. The summed E-state index contributed by atoms with van der Waals surface area (Å²) in [6, 6.07) is 8.51. The van der Waals surface area contributed by atoms with Crippen LogP contribution < -0.4 is 5.32 Å². The van der Waals surface area contributed by atoms with Gasteiger partial charge < -0.3 is 19.9 Å². The number of aliphatic hydroxyl groups excluding tert-OH is 1. The number of alkyl carbamates (subject to hydrolysis) is 1. The summed E-state index contributed by atoms with van der Waals surface area (Å²) in [7, 11) is 1.28. The van der Waals surface area contributed by atoms with E-state index in [2.05, 4.69) is 5.32 Å². The van der Waals surface area contributed by atoms with E-state index in [0.717, 1.165) is 18.4 Å². The highest BCUT2D eigenvalue weighted by atomic mass is 16.6. The Kier molecular flexibility index (Phi) is 4.26. The number of carbonyl (C=O) groups excluding carboxylic acids is 2. The van der Waals surface area contributed by atoms with Gasteiger partial charge >= 0.3 is 12.1 Å². The first-order chi connectivity index (χ1) is 11.0. The van der Waals surface area contributed by atoms with E-state index in [0.29, 0.717) is 12.3 Å². The molecule has 3 aliphatic carbocycles. The van der Waals surface area contributed by atoms with Crippen molar-refractivity contribution >= 4 is 12.1 Å². The third-order valence-corrected chi connectivity index (χ3v) is 5.01. The maximum absolute atomic E-state index is 11.9. The van der Waals surface area contributed by atoms with Crippen LogP contribution in [0.25, 0.3) is 0 Å². The molecule has 1 aromatic carbocycles. The van der Waals surface area contributed by atoms with Gasteiger partial charge in [-0.15, -0.1) is 0 Å². The molecule has 2 atom stereocenters. The maximum Gasteiger partial charge on any atom is 0.408 e. The summed E-state index contributed by atoms with van der Waals surface area (Å²) < 4.78 is 9.89. The molecular formula is C17H21NO5. The number of benzene rings is 1. The average Bonchev–Trinajstić information content (AvgIpc) is 2.55. The van der Waals surface area contributed by atoms with Gasteiger partial charge in [-0.3, -0.25) is 0 Å². The van der Waals surface area contributed by atoms with Crippen LogP contribution in [0.4, 0.5) is 4.79 Å². The molecule has 0 radical (unpaired) electrons. The lowest BCUT2D eigenvalue weighted by atomic mass is 9.40. The summed E-state index contributed by atoms with van der Waals surface area (Å²) in [6.07, 6.45) is 1.17. The Morgan fingerprint density at radius 3 is 2.57 bits per heavy atom. The molecule has 0 spiro atoms. The number of amides is 1. The fourth-order valence-corrected chi connectivity index (χ4v) is 3.56. The molecule has 124 valence electrons. The Morgan fingerprint density at radius 2 is 2.04 bits per heavy atom. The molecule has 4 rings (SSSR count). The van der Waals surface area contributed by atoms with Crippen molar-refractivity contribution in [2.45, 2.75) is 38.0 Å². The predicted octanol–water partition coefficient (Wildman–Crippen LogP) is 1.62. The SMILES string of the molecule is COC(=O)[C@H](CC12CC(C1)C2O)NC(=O)OCc1ccccc1. The van der Waals surface area contributed by atoms with Gasteiger partial charge in [0.2, 0.25) is 0 Å². The molecule has 6 heteroatoms. The van der Waals surface area contributed by atoms with Crippen molar-refractivity contribution in [3.05, 3.63) is 35.9 Å². The zero-order valence-corrected chi connectivity index (χ0v) is 13.0. The van der Waals surface area contributed by atoms with Crippen LogP contribution in [0, 0.1) is 11.3 Å². The molecule has 1 amide bonds. The summed E-state index contributed by atoms with van der Waals surface area (Å²) >= 11 is 0. The molecule has 2 bridgehead atoms. The van der Waals surface area contributed by atoms with Gasteiger partial charge in [-0.05, 0) is 36.2 Å². The van der Waals surface area contributed by atoms with Crippen LogP contribution in [0.2, 0.25) is 0 Å². The van der Waals surface area contributed by atoms with Crippen LogP contribution in [-0.4, -0.2) is 36.4 Å². The highest BCUT2D eigenvalue weighted by Gasteiger charge is 2.65. The van der Waals surface area contributed by atoms with Gasteiger partial charge in [0.05, 0.1) is 13.2 Å². The normalized spacial score (nSPS) is 28.8. The number of ether oxygens (including phenoxy) is 2. The molecule has 1 aromatic rings. The smallest absolute Gasteiger partial charge is 0.408 e. The second-order valence-corrected chi connectivity index (χ2v) is 6.46. The Balaban J connectivity index is 1.53. The van der Waals surface area contributed by atoms with Crippen LogP contribution in [0.5, 0.6) is 0 Å². The number of esters is 1. The summed E-state index contributed by atoms with van der Waals surface area (Å²) in [5.41, 5.74) is 0.628. The van der Waals surface area contributed by atoms with Crippen molar-refractivity contribution in [2.75, 3.05) is 7.11 Å². The van der Waals surface area contributed by atoms with E-state index < -0.39 is 18.1 Å². The number of methoxy groups -OCH3 is 1. The lowest BCUT2D eigenvalue weighted by Crippen LogP contribution is -2.67.